The Morgan fingerprint density at radius 2 is 2.15 bits per heavy atom. The van der Waals surface area contributed by atoms with E-state index in [0.717, 1.165) is 18.2 Å². The molecule has 0 fully saturated rings. The minimum atomic E-state index is -3.88. The third-order valence-electron chi connectivity index (χ3n) is 2.36. The molecule has 3 N–H and O–H groups in total. The SMILES string of the molecule is COC(=O)CCNS(=O)(=O)c1ccc(F)c(C(N)=S)c1. The summed E-state index contributed by atoms with van der Waals surface area (Å²) in [6, 6.07) is 3.08. The van der Waals surface area contributed by atoms with Crippen molar-refractivity contribution in [3.8, 4) is 0 Å². The lowest BCUT2D eigenvalue weighted by atomic mass is 10.2. The quantitative estimate of drug-likeness (QED) is 0.578. The molecule has 1 rings (SSSR count). The Morgan fingerprint density at radius 1 is 1.50 bits per heavy atom. The van der Waals surface area contributed by atoms with Gasteiger partial charge in [-0.1, -0.05) is 12.2 Å². The maximum atomic E-state index is 13.4. The molecular formula is C11H13FN2O4S2. The normalized spacial score (nSPS) is 11.1. The van der Waals surface area contributed by atoms with Crippen molar-refractivity contribution in [2.24, 2.45) is 5.73 Å². The number of rotatable bonds is 6. The van der Waals surface area contributed by atoms with Crippen LogP contribution in [0.4, 0.5) is 4.39 Å². The first-order chi connectivity index (χ1) is 9.27. The van der Waals surface area contributed by atoms with Crippen molar-refractivity contribution < 1.29 is 22.3 Å². The fourth-order valence-corrected chi connectivity index (χ4v) is 2.55. The molecule has 1 aromatic carbocycles. The number of thiocarbonyl (C=S) groups is 1. The van der Waals surface area contributed by atoms with E-state index in [-0.39, 0.29) is 28.4 Å². The van der Waals surface area contributed by atoms with Gasteiger partial charge in [0.1, 0.15) is 10.8 Å². The molecule has 0 bridgehead atoms. The van der Waals surface area contributed by atoms with Gasteiger partial charge in [-0.2, -0.15) is 0 Å². The van der Waals surface area contributed by atoms with E-state index in [1.807, 2.05) is 0 Å². The van der Waals surface area contributed by atoms with Crippen molar-refractivity contribution in [2.45, 2.75) is 11.3 Å². The topological polar surface area (TPSA) is 98.5 Å². The van der Waals surface area contributed by atoms with Crippen molar-refractivity contribution in [2.75, 3.05) is 13.7 Å². The van der Waals surface area contributed by atoms with E-state index in [9.17, 15) is 17.6 Å². The molecular weight excluding hydrogens is 307 g/mol. The van der Waals surface area contributed by atoms with Gasteiger partial charge in [-0.05, 0) is 18.2 Å². The molecule has 0 saturated carbocycles. The molecule has 1 aromatic rings. The summed E-state index contributed by atoms with van der Waals surface area (Å²) in [5.41, 5.74) is 5.14. The lowest BCUT2D eigenvalue weighted by molar-refractivity contribution is -0.140. The molecule has 0 aliphatic heterocycles. The van der Waals surface area contributed by atoms with Crippen molar-refractivity contribution in [3.05, 3.63) is 29.6 Å². The highest BCUT2D eigenvalue weighted by atomic mass is 32.2. The smallest absolute Gasteiger partial charge is 0.306 e. The fourth-order valence-electron chi connectivity index (χ4n) is 1.33. The van der Waals surface area contributed by atoms with Gasteiger partial charge in [0.2, 0.25) is 10.0 Å². The first-order valence-corrected chi connectivity index (χ1v) is 7.33. The third kappa shape index (κ3) is 4.22. The zero-order chi connectivity index (χ0) is 15.3. The summed E-state index contributed by atoms with van der Waals surface area (Å²) in [6.45, 7) is -0.130. The molecule has 0 unspecified atom stereocenters. The average Bonchev–Trinajstić information content (AvgIpc) is 2.38. The van der Waals surface area contributed by atoms with Crippen molar-refractivity contribution in [1.82, 2.24) is 4.72 Å². The van der Waals surface area contributed by atoms with Gasteiger partial charge in [-0.15, -0.1) is 0 Å². The fraction of sp³-hybridized carbons (Fsp3) is 0.273. The lowest BCUT2D eigenvalue weighted by Gasteiger charge is -2.08. The second-order valence-corrected chi connectivity index (χ2v) is 5.94. The van der Waals surface area contributed by atoms with E-state index < -0.39 is 21.8 Å². The Morgan fingerprint density at radius 3 is 2.70 bits per heavy atom. The Balaban J connectivity index is 2.90. The molecule has 0 amide bonds. The number of ether oxygens (including phenoxy) is 1. The molecule has 0 saturated heterocycles. The predicted molar refractivity (Wildman–Crippen MR) is 74.1 cm³/mol. The molecule has 9 heteroatoms. The highest BCUT2D eigenvalue weighted by Gasteiger charge is 2.17. The minimum Gasteiger partial charge on any atom is -0.469 e. The van der Waals surface area contributed by atoms with Crippen molar-refractivity contribution in [3.63, 3.8) is 0 Å². The van der Waals surface area contributed by atoms with Crippen LogP contribution in [-0.4, -0.2) is 33.0 Å². The zero-order valence-corrected chi connectivity index (χ0v) is 12.2. The molecule has 0 spiro atoms. The van der Waals surface area contributed by atoms with Gasteiger partial charge in [-0.3, -0.25) is 4.79 Å². The summed E-state index contributed by atoms with van der Waals surface area (Å²) >= 11 is 4.63. The second kappa shape index (κ2) is 6.73. The summed E-state index contributed by atoms with van der Waals surface area (Å²) < 4.78 is 43.8. The van der Waals surface area contributed by atoms with Gasteiger partial charge in [0, 0.05) is 12.1 Å². The molecule has 0 aliphatic carbocycles. The number of halogens is 1. The van der Waals surface area contributed by atoms with Gasteiger partial charge in [0.15, 0.2) is 0 Å². The Kier molecular flexibility index (Phi) is 5.54. The van der Waals surface area contributed by atoms with Crippen LogP contribution in [0.25, 0.3) is 0 Å². The highest BCUT2D eigenvalue weighted by molar-refractivity contribution is 7.89. The molecule has 0 heterocycles. The number of methoxy groups -OCH3 is 1. The molecule has 6 nitrogen and oxygen atoms in total. The van der Waals surface area contributed by atoms with Crippen LogP contribution in [0.5, 0.6) is 0 Å². The van der Waals surface area contributed by atoms with Crippen molar-refractivity contribution in [1.29, 1.82) is 0 Å². The monoisotopic (exact) mass is 320 g/mol. The summed E-state index contributed by atoms with van der Waals surface area (Å²) in [5.74, 6) is -1.25. The molecule has 0 atom stereocenters. The van der Waals surface area contributed by atoms with E-state index >= 15 is 0 Å². The van der Waals surface area contributed by atoms with E-state index in [2.05, 4.69) is 21.7 Å². The first kappa shape index (κ1) is 16.5. The Labute approximate surface area is 121 Å². The van der Waals surface area contributed by atoms with Gasteiger partial charge in [0.25, 0.3) is 0 Å². The average molecular weight is 320 g/mol. The van der Waals surface area contributed by atoms with Crippen LogP contribution in [0.2, 0.25) is 0 Å². The largest absolute Gasteiger partial charge is 0.469 e. The van der Waals surface area contributed by atoms with Crippen LogP contribution in [0.3, 0.4) is 0 Å². The van der Waals surface area contributed by atoms with Crippen LogP contribution in [0.1, 0.15) is 12.0 Å². The number of hydrogen-bond acceptors (Lipinski definition) is 5. The third-order valence-corrected chi connectivity index (χ3v) is 4.04. The van der Waals surface area contributed by atoms with Crippen LogP contribution >= 0.6 is 12.2 Å². The maximum Gasteiger partial charge on any atom is 0.306 e. The molecule has 110 valence electrons. The second-order valence-electron chi connectivity index (χ2n) is 3.73. The van der Waals surface area contributed by atoms with Crippen LogP contribution in [0.15, 0.2) is 23.1 Å². The Bertz CT molecular complexity index is 631. The molecule has 0 radical (unpaired) electrons. The number of sulfonamides is 1. The van der Waals surface area contributed by atoms with E-state index in [1.165, 1.54) is 7.11 Å². The molecule has 0 aromatic heterocycles. The summed E-state index contributed by atoms with van der Waals surface area (Å²) in [4.78, 5) is 10.5. The number of nitrogens with two attached hydrogens (primary N) is 1. The number of hydrogen-bond donors (Lipinski definition) is 2. The highest BCUT2D eigenvalue weighted by Crippen LogP contribution is 2.15. The summed E-state index contributed by atoms with van der Waals surface area (Å²) in [7, 11) is -2.68. The van der Waals surface area contributed by atoms with E-state index in [1.54, 1.807) is 0 Å². The lowest BCUT2D eigenvalue weighted by Crippen LogP contribution is -2.27. The predicted octanol–water partition coefficient (Wildman–Crippen LogP) is 0.301. The van der Waals surface area contributed by atoms with E-state index in [4.69, 9.17) is 5.73 Å². The number of benzene rings is 1. The van der Waals surface area contributed by atoms with Gasteiger partial charge in [-0.25, -0.2) is 17.5 Å². The van der Waals surface area contributed by atoms with Crippen LogP contribution in [-0.2, 0) is 19.6 Å². The summed E-state index contributed by atoms with van der Waals surface area (Å²) in [6.07, 6.45) is -0.112. The molecule has 20 heavy (non-hydrogen) atoms. The van der Waals surface area contributed by atoms with Gasteiger partial charge < -0.3 is 10.5 Å². The number of nitrogens with one attached hydrogen (secondary N) is 1. The van der Waals surface area contributed by atoms with Crippen LogP contribution in [0, 0.1) is 5.82 Å². The zero-order valence-electron chi connectivity index (χ0n) is 10.6. The minimum absolute atomic E-state index is 0.112. The van der Waals surface area contributed by atoms with Crippen molar-refractivity contribution >= 4 is 33.2 Å². The first-order valence-electron chi connectivity index (χ1n) is 5.44. The number of esters is 1. The van der Waals surface area contributed by atoms with E-state index in [0.29, 0.717) is 0 Å². The number of carbonyl (C=O) groups is 1. The standard InChI is InChI=1S/C11H13FN2O4S2/c1-18-10(15)4-5-14-20(16,17)7-2-3-9(12)8(6-7)11(13)19/h2-3,6,14H,4-5H2,1H3,(H2,13,19). The van der Waals surface area contributed by atoms with Gasteiger partial charge in [0.05, 0.1) is 18.4 Å². The van der Waals surface area contributed by atoms with Gasteiger partial charge >= 0.3 is 5.97 Å². The maximum absolute atomic E-state index is 13.4. The Hall–Kier alpha value is -1.58. The molecule has 0 aliphatic rings. The number of carbonyl (C=O) groups excluding carboxylic acids is 1. The van der Waals surface area contributed by atoms with Crippen LogP contribution < -0.4 is 10.5 Å². The summed E-state index contributed by atoms with van der Waals surface area (Å²) in [5, 5.41) is 0.